The number of pyridine rings is 2. The Bertz CT molecular complexity index is 792. The quantitative estimate of drug-likeness (QED) is 0.807. The number of carbonyl (C=O) groups is 1. The Hall–Kier alpha value is -2.47. The maximum absolute atomic E-state index is 12.8. The van der Waals surface area contributed by atoms with E-state index in [1.54, 1.807) is 6.20 Å². The van der Waals surface area contributed by atoms with Crippen LogP contribution in [0.5, 0.6) is 0 Å². The van der Waals surface area contributed by atoms with Gasteiger partial charge in [0.15, 0.2) is 0 Å². The number of amides is 1. The molecule has 0 spiro atoms. The van der Waals surface area contributed by atoms with Crippen molar-refractivity contribution >= 4 is 17.5 Å². The summed E-state index contributed by atoms with van der Waals surface area (Å²) in [4.78, 5) is 23.6. The predicted molar refractivity (Wildman–Crippen MR) is 113 cm³/mol. The molecule has 0 unspecified atom stereocenters. The number of anilines is 2. The van der Waals surface area contributed by atoms with Crippen molar-refractivity contribution in [1.29, 1.82) is 0 Å². The summed E-state index contributed by atoms with van der Waals surface area (Å²) < 4.78 is 5.41. The SMILES string of the molecule is O=C(C1CCOCC1)N1CCC[C@H](CCc2ccnc(Nc3ccccn3)c2)C1. The van der Waals surface area contributed by atoms with Gasteiger partial charge < -0.3 is 15.0 Å². The third-order valence-electron chi connectivity index (χ3n) is 5.99. The Morgan fingerprint density at radius 3 is 2.79 bits per heavy atom. The lowest BCUT2D eigenvalue weighted by Crippen LogP contribution is -2.44. The van der Waals surface area contributed by atoms with Crippen molar-refractivity contribution in [3.05, 3.63) is 48.3 Å². The van der Waals surface area contributed by atoms with Gasteiger partial charge in [0.1, 0.15) is 11.6 Å². The third kappa shape index (κ3) is 5.54. The molecule has 0 saturated carbocycles. The van der Waals surface area contributed by atoms with E-state index in [0.29, 0.717) is 11.8 Å². The minimum Gasteiger partial charge on any atom is -0.381 e. The van der Waals surface area contributed by atoms with Gasteiger partial charge in [0.2, 0.25) is 5.91 Å². The van der Waals surface area contributed by atoms with E-state index in [-0.39, 0.29) is 5.92 Å². The first kappa shape index (κ1) is 19.8. The largest absolute Gasteiger partial charge is 0.381 e. The molecule has 2 aromatic rings. The summed E-state index contributed by atoms with van der Waals surface area (Å²) in [6.07, 6.45) is 9.80. The number of piperidine rings is 1. The number of aryl methyl sites for hydroxylation is 1. The highest BCUT2D eigenvalue weighted by Crippen LogP contribution is 2.26. The van der Waals surface area contributed by atoms with E-state index < -0.39 is 0 Å². The van der Waals surface area contributed by atoms with Crippen LogP contribution in [0.2, 0.25) is 0 Å². The number of carbonyl (C=O) groups excluding carboxylic acids is 1. The highest BCUT2D eigenvalue weighted by Gasteiger charge is 2.29. The first-order valence-corrected chi connectivity index (χ1v) is 10.8. The molecule has 1 N–H and O–H groups in total. The van der Waals surface area contributed by atoms with E-state index in [0.717, 1.165) is 70.0 Å². The molecule has 2 fully saturated rings. The molecule has 1 atom stereocenters. The highest BCUT2D eigenvalue weighted by molar-refractivity contribution is 5.79. The maximum Gasteiger partial charge on any atom is 0.225 e. The number of ether oxygens (including phenoxy) is 1. The number of likely N-dealkylation sites (tertiary alicyclic amines) is 1. The van der Waals surface area contributed by atoms with E-state index >= 15 is 0 Å². The summed E-state index contributed by atoms with van der Waals surface area (Å²) in [5, 5.41) is 3.26. The number of hydrogen-bond acceptors (Lipinski definition) is 5. The average molecular weight is 395 g/mol. The van der Waals surface area contributed by atoms with Crippen LogP contribution in [-0.4, -0.2) is 47.1 Å². The van der Waals surface area contributed by atoms with Gasteiger partial charge in [-0.3, -0.25) is 4.79 Å². The molecule has 6 heteroatoms. The topological polar surface area (TPSA) is 67.3 Å². The number of rotatable bonds is 6. The van der Waals surface area contributed by atoms with Crippen molar-refractivity contribution in [3.8, 4) is 0 Å². The van der Waals surface area contributed by atoms with Crippen molar-refractivity contribution in [2.45, 2.75) is 38.5 Å². The van der Waals surface area contributed by atoms with E-state index in [9.17, 15) is 4.79 Å². The number of nitrogens with one attached hydrogen (secondary N) is 1. The van der Waals surface area contributed by atoms with Crippen LogP contribution in [0.15, 0.2) is 42.7 Å². The molecule has 0 radical (unpaired) electrons. The Balaban J connectivity index is 1.29. The van der Waals surface area contributed by atoms with Gasteiger partial charge in [-0.2, -0.15) is 0 Å². The van der Waals surface area contributed by atoms with Gasteiger partial charge in [0, 0.05) is 44.6 Å². The molecule has 154 valence electrons. The Morgan fingerprint density at radius 1 is 1.10 bits per heavy atom. The summed E-state index contributed by atoms with van der Waals surface area (Å²) in [6, 6.07) is 9.96. The third-order valence-corrected chi connectivity index (χ3v) is 5.99. The average Bonchev–Trinajstić information content (AvgIpc) is 2.79. The zero-order valence-electron chi connectivity index (χ0n) is 16.9. The molecule has 29 heavy (non-hydrogen) atoms. The fourth-order valence-electron chi connectivity index (χ4n) is 4.34. The molecule has 4 heterocycles. The first-order valence-electron chi connectivity index (χ1n) is 10.8. The lowest BCUT2D eigenvalue weighted by molar-refractivity contribution is -0.140. The minimum atomic E-state index is 0.169. The second kappa shape index (κ2) is 9.83. The van der Waals surface area contributed by atoms with E-state index in [4.69, 9.17) is 4.74 Å². The van der Waals surface area contributed by atoms with Crippen LogP contribution in [0, 0.1) is 11.8 Å². The van der Waals surface area contributed by atoms with E-state index in [2.05, 4.69) is 32.3 Å². The van der Waals surface area contributed by atoms with E-state index in [1.807, 2.05) is 24.4 Å². The molecule has 2 aliphatic rings. The van der Waals surface area contributed by atoms with Crippen molar-refractivity contribution in [1.82, 2.24) is 14.9 Å². The number of nitrogens with zero attached hydrogens (tertiary/aromatic N) is 3. The lowest BCUT2D eigenvalue weighted by atomic mass is 9.90. The molecule has 0 bridgehead atoms. The van der Waals surface area contributed by atoms with Crippen LogP contribution in [0.1, 0.15) is 37.7 Å². The van der Waals surface area contributed by atoms with Crippen LogP contribution in [0.4, 0.5) is 11.6 Å². The van der Waals surface area contributed by atoms with Gasteiger partial charge in [0.25, 0.3) is 0 Å². The monoisotopic (exact) mass is 394 g/mol. The van der Waals surface area contributed by atoms with Crippen LogP contribution in [0.25, 0.3) is 0 Å². The highest BCUT2D eigenvalue weighted by atomic mass is 16.5. The van der Waals surface area contributed by atoms with Crippen molar-refractivity contribution in [2.75, 3.05) is 31.6 Å². The summed E-state index contributed by atoms with van der Waals surface area (Å²) in [7, 11) is 0. The van der Waals surface area contributed by atoms with Gasteiger partial charge in [-0.05, 0) is 74.3 Å². The van der Waals surface area contributed by atoms with Crippen molar-refractivity contribution in [2.24, 2.45) is 11.8 Å². The number of hydrogen-bond donors (Lipinski definition) is 1. The zero-order chi connectivity index (χ0) is 19.9. The maximum atomic E-state index is 12.8. The fraction of sp³-hybridized carbons (Fsp3) is 0.522. The second-order valence-corrected chi connectivity index (χ2v) is 8.11. The Morgan fingerprint density at radius 2 is 1.97 bits per heavy atom. The van der Waals surface area contributed by atoms with Crippen LogP contribution >= 0.6 is 0 Å². The van der Waals surface area contributed by atoms with Gasteiger partial charge in [-0.1, -0.05) is 6.07 Å². The van der Waals surface area contributed by atoms with Gasteiger partial charge in [-0.15, -0.1) is 0 Å². The second-order valence-electron chi connectivity index (χ2n) is 8.11. The summed E-state index contributed by atoms with van der Waals surface area (Å²) in [5.74, 6) is 2.72. The molecule has 1 amide bonds. The molecule has 0 aromatic carbocycles. The molecule has 2 aromatic heterocycles. The van der Waals surface area contributed by atoms with Crippen molar-refractivity contribution < 1.29 is 9.53 Å². The Labute approximate surface area is 172 Å². The molecular formula is C23H30N4O2. The molecule has 6 nitrogen and oxygen atoms in total. The molecular weight excluding hydrogens is 364 g/mol. The molecule has 2 saturated heterocycles. The first-order chi connectivity index (χ1) is 14.3. The van der Waals surface area contributed by atoms with Gasteiger partial charge >= 0.3 is 0 Å². The van der Waals surface area contributed by atoms with Crippen LogP contribution < -0.4 is 5.32 Å². The van der Waals surface area contributed by atoms with Crippen molar-refractivity contribution in [3.63, 3.8) is 0 Å². The van der Waals surface area contributed by atoms with Gasteiger partial charge in [0.05, 0.1) is 0 Å². The molecule has 0 aliphatic carbocycles. The fourth-order valence-corrected chi connectivity index (χ4v) is 4.34. The normalized spacial score (nSPS) is 20.4. The zero-order valence-corrected chi connectivity index (χ0v) is 16.9. The summed E-state index contributed by atoms with van der Waals surface area (Å²) in [5.41, 5.74) is 1.27. The van der Waals surface area contributed by atoms with Crippen LogP contribution in [-0.2, 0) is 16.0 Å². The lowest BCUT2D eigenvalue weighted by Gasteiger charge is -2.36. The summed E-state index contributed by atoms with van der Waals surface area (Å²) in [6.45, 7) is 3.27. The number of aromatic nitrogens is 2. The predicted octanol–water partition coefficient (Wildman–Crippen LogP) is 3.82. The summed E-state index contributed by atoms with van der Waals surface area (Å²) >= 11 is 0. The standard InChI is InChI=1S/C23H30N4O2/c28-23(20-9-14-29-15-10-20)27-13-3-4-19(17-27)7-6-18-8-12-25-22(16-18)26-21-5-1-2-11-24-21/h1-2,5,8,11-12,16,19-20H,3-4,6-7,9-10,13-15,17H2,(H,24,25,26)/t19-/m1/s1. The van der Waals surface area contributed by atoms with Crippen LogP contribution in [0.3, 0.4) is 0 Å². The smallest absolute Gasteiger partial charge is 0.225 e. The van der Waals surface area contributed by atoms with E-state index in [1.165, 1.54) is 12.0 Å². The Kier molecular flexibility index (Phi) is 6.72. The molecule has 2 aliphatic heterocycles. The minimum absolute atomic E-state index is 0.169. The van der Waals surface area contributed by atoms with Gasteiger partial charge in [-0.25, -0.2) is 9.97 Å². The molecule has 4 rings (SSSR count).